The number of nitrogens with zero attached hydrogens (tertiary/aromatic N) is 1. The summed E-state index contributed by atoms with van der Waals surface area (Å²) < 4.78 is 43.2. The van der Waals surface area contributed by atoms with Crippen molar-refractivity contribution in [1.29, 1.82) is 0 Å². The zero-order valence-electron chi connectivity index (χ0n) is 12.6. The standard InChI is InChI=1S/C13H23NO6S/c1-13(2,3)20-12(15)14-6-10(9-4-5-19-8-9)11(7-14)21(16,17)18/h9-11H,4-8H2,1-3H3,(H,16,17,18). The van der Waals surface area contributed by atoms with E-state index < -0.39 is 27.1 Å². The van der Waals surface area contributed by atoms with Gasteiger partial charge in [-0.3, -0.25) is 4.55 Å². The van der Waals surface area contributed by atoms with Gasteiger partial charge in [0, 0.05) is 32.2 Å². The first kappa shape index (κ1) is 16.5. The largest absolute Gasteiger partial charge is 0.444 e. The number of likely N-dealkylation sites (tertiary alicyclic amines) is 1. The van der Waals surface area contributed by atoms with Crippen molar-refractivity contribution in [3.8, 4) is 0 Å². The Hall–Kier alpha value is -0.860. The third-order valence-electron chi connectivity index (χ3n) is 3.91. The van der Waals surface area contributed by atoms with Crippen LogP contribution in [0.15, 0.2) is 0 Å². The molecule has 0 aromatic heterocycles. The summed E-state index contributed by atoms with van der Waals surface area (Å²) in [5, 5.41) is -0.961. The second-order valence-electron chi connectivity index (χ2n) is 6.73. The van der Waals surface area contributed by atoms with Gasteiger partial charge < -0.3 is 14.4 Å². The number of carbonyl (C=O) groups excluding carboxylic acids is 1. The van der Waals surface area contributed by atoms with Gasteiger partial charge in [0.05, 0.1) is 0 Å². The molecule has 2 heterocycles. The average Bonchev–Trinajstić information content (AvgIpc) is 2.94. The number of carbonyl (C=O) groups is 1. The number of hydrogen-bond acceptors (Lipinski definition) is 5. The average molecular weight is 321 g/mol. The minimum Gasteiger partial charge on any atom is -0.444 e. The molecule has 0 aromatic rings. The maximum absolute atomic E-state index is 12.1. The Bertz CT molecular complexity index is 491. The molecule has 2 aliphatic rings. The maximum atomic E-state index is 12.1. The van der Waals surface area contributed by atoms with Crippen molar-refractivity contribution in [2.24, 2.45) is 11.8 Å². The normalized spacial score (nSPS) is 30.7. The first-order chi connectivity index (χ1) is 9.58. The van der Waals surface area contributed by atoms with Gasteiger partial charge >= 0.3 is 6.09 Å². The van der Waals surface area contributed by atoms with Crippen LogP contribution < -0.4 is 0 Å². The fourth-order valence-corrected chi connectivity index (χ4v) is 4.05. The van der Waals surface area contributed by atoms with Crippen LogP contribution in [0.2, 0.25) is 0 Å². The van der Waals surface area contributed by atoms with E-state index in [2.05, 4.69) is 0 Å². The number of amides is 1. The zero-order valence-corrected chi connectivity index (χ0v) is 13.4. The van der Waals surface area contributed by atoms with E-state index in [1.165, 1.54) is 4.90 Å². The van der Waals surface area contributed by atoms with E-state index in [4.69, 9.17) is 9.47 Å². The number of hydrogen-bond donors (Lipinski definition) is 1. The van der Waals surface area contributed by atoms with Gasteiger partial charge in [-0.25, -0.2) is 4.79 Å². The van der Waals surface area contributed by atoms with E-state index in [1.54, 1.807) is 20.8 Å². The SMILES string of the molecule is CC(C)(C)OC(=O)N1CC(C2CCOC2)C(S(=O)(=O)O)C1. The highest BCUT2D eigenvalue weighted by Gasteiger charge is 2.47. The minimum atomic E-state index is -4.20. The van der Waals surface area contributed by atoms with Crippen LogP contribution in [0.3, 0.4) is 0 Å². The van der Waals surface area contributed by atoms with Crippen molar-refractivity contribution in [2.45, 2.75) is 38.0 Å². The molecule has 21 heavy (non-hydrogen) atoms. The van der Waals surface area contributed by atoms with Crippen LogP contribution in [0, 0.1) is 11.8 Å². The summed E-state index contributed by atoms with van der Waals surface area (Å²) in [7, 11) is -4.20. The molecular weight excluding hydrogens is 298 g/mol. The van der Waals surface area contributed by atoms with Crippen molar-refractivity contribution >= 4 is 16.2 Å². The number of rotatable bonds is 2. The Morgan fingerprint density at radius 2 is 2.00 bits per heavy atom. The molecule has 0 spiro atoms. The molecule has 3 atom stereocenters. The molecule has 0 radical (unpaired) electrons. The molecule has 0 saturated carbocycles. The van der Waals surface area contributed by atoms with Crippen molar-refractivity contribution in [2.75, 3.05) is 26.3 Å². The second kappa shape index (κ2) is 5.73. The summed E-state index contributed by atoms with van der Waals surface area (Å²) in [4.78, 5) is 13.5. The van der Waals surface area contributed by atoms with E-state index in [9.17, 15) is 17.8 Å². The Morgan fingerprint density at radius 3 is 2.48 bits per heavy atom. The maximum Gasteiger partial charge on any atom is 0.410 e. The summed E-state index contributed by atoms with van der Waals surface area (Å²) in [5.74, 6) is -0.264. The van der Waals surface area contributed by atoms with Crippen molar-refractivity contribution in [3.63, 3.8) is 0 Å². The third kappa shape index (κ3) is 4.08. The lowest BCUT2D eigenvalue weighted by Gasteiger charge is -2.24. The van der Waals surface area contributed by atoms with Gasteiger partial charge in [-0.2, -0.15) is 8.42 Å². The molecule has 2 rings (SSSR count). The molecule has 2 saturated heterocycles. The highest BCUT2D eigenvalue weighted by Crippen LogP contribution is 2.34. The Kier molecular flexibility index (Phi) is 4.51. The van der Waals surface area contributed by atoms with E-state index in [1.807, 2.05) is 0 Å². The van der Waals surface area contributed by atoms with Crippen LogP contribution in [0.5, 0.6) is 0 Å². The molecule has 7 nitrogen and oxygen atoms in total. The summed E-state index contributed by atoms with van der Waals surface area (Å²) in [6, 6.07) is 0. The van der Waals surface area contributed by atoms with Crippen LogP contribution in [-0.2, 0) is 19.6 Å². The molecule has 0 aromatic carbocycles. The van der Waals surface area contributed by atoms with E-state index >= 15 is 0 Å². The molecule has 2 aliphatic heterocycles. The number of ether oxygens (including phenoxy) is 2. The fourth-order valence-electron chi connectivity index (χ4n) is 2.93. The first-order valence-electron chi connectivity index (χ1n) is 7.10. The van der Waals surface area contributed by atoms with Gasteiger partial charge in [-0.15, -0.1) is 0 Å². The van der Waals surface area contributed by atoms with Gasteiger partial charge in [-0.05, 0) is 33.1 Å². The van der Waals surface area contributed by atoms with Crippen LogP contribution in [0.25, 0.3) is 0 Å². The van der Waals surface area contributed by atoms with Gasteiger partial charge in [0.25, 0.3) is 10.1 Å². The topological polar surface area (TPSA) is 93.1 Å². The molecule has 0 aliphatic carbocycles. The second-order valence-corrected chi connectivity index (χ2v) is 8.36. The predicted octanol–water partition coefficient (Wildman–Crippen LogP) is 1.15. The quantitative estimate of drug-likeness (QED) is 0.767. The summed E-state index contributed by atoms with van der Waals surface area (Å²) >= 11 is 0. The lowest BCUT2D eigenvalue weighted by Crippen LogP contribution is -2.36. The molecule has 3 unspecified atom stereocenters. The highest BCUT2D eigenvalue weighted by molar-refractivity contribution is 7.86. The lowest BCUT2D eigenvalue weighted by atomic mass is 9.91. The monoisotopic (exact) mass is 321 g/mol. The molecular formula is C13H23NO6S. The highest BCUT2D eigenvalue weighted by atomic mass is 32.2. The molecule has 1 amide bonds. The predicted molar refractivity (Wildman–Crippen MR) is 75.6 cm³/mol. The van der Waals surface area contributed by atoms with Crippen LogP contribution in [0.1, 0.15) is 27.2 Å². The molecule has 122 valence electrons. The van der Waals surface area contributed by atoms with Crippen LogP contribution in [0.4, 0.5) is 4.79 Å². The van der Waals surface area contributed by atoms with Gasteiger partial charge in [0.1, 0.15) is 10.9 Å². The summed E-state index contributed by atoms with van der Waals surface area (Å²) in [5.41, 5.74) is -0.640. The minimum absolute atomic E-state index is 0.0328. The van der Waals surface area contributed by atoms with E-state index in [-0.39, 0.29) is 24.9 Å². The Morgan fingerprint density at radius 1 is 1.33 bits per heavy atom. The molecule has 0 bridgehead atoms. The van der Waals surface area contributed by atoms with Crippen molar-refractivity contribution in [3.05, 3.63) is 0 Å². The van der Waals surface area contributed by atoms with Gasteiger partial charge in [0.2, 0.25) is 0 Å². The fraction of sp³-hybridized carbons (Fsp3) is 0.923. The Labute approximate surface area is 125 Å². The summed E-state index contributed by atoms with van der Waals surface area (Å²) in [6.07, 6.45) is 0.205. The van der Waals surface area contributed by atoms with Crippen LogP contribution >= 0.6 is 0 Å². The van der Waals surface area contributed by atoms with E-state index in [0.29, 0.717) is 13.2 Å². The molecule has 8 heteroatoms. The van der Waals surface area contributed by atoms with E-state index in [0.717, 1.165) is 6.42 Å². The smallest absolute Gasteiger partial charge is 0.410 e. The van der Waals surface area contributed by atoms with Crippen LogP contribution in [-0.4, -0.2) is 61.1 Å². The third-order valence-corrected chi connectivity index (χ3v) is 5.18. The first-order valence-corrected chi connectivity index (χ1v) is 8.60. The van der Waals surface area contributed by atoms with Gasteiger partial charge in [-0.1, -0.05) is 0 Å². The summed E-state index contributed by atoms with van der Waals surface area (Å²) in [6.45, 7) is 6.56. The molecule has 1 N–H and O–H groups in total. The Balaban J connectivity index is 2.12. The van der Waals surface area contributed by atoms with Crippen molar-refractivity contribution < 1.29 is 27.2 Å². The molecule has 2 fully saturated rings. The lowest BCUT2D eigenvalue weighted by molar-refractivity contribution is 0.0282. The van der Waals surface area contributed by atoms with Crippen molar-refractivity contribution in [1.82, 2.24) is 4.90 Å². The zero-order chi connectivity index (χ0) is 15.8. The van der Waals surface area contributed by atoms with Gasteiger partial charge in [0.15, 0.2) is 0 Å².